The Balaban J connectivity index is 1.44. The maximum absolute atomic E-state index is 13.3. The maximum atomic E-state index is 13.3. The summed E-state index contributed by atoms with van der Waals surface area (Å²) >= 11 is 3.24. The largest absolute Gasteiger partial charge is 0.313 e. The summed E-state index contributed by atoms with van der Waals surface area (Å²) in [6.07, 6.45) is 2.62. The second-order valence-corrected chi connectivity index (χ2v) is 13.5. The average molecular weight is 555 g/mol. The lowest BCUT2D eigenvalue weighted by molar-refractivity contribution is 0.102. The second-order valence-electron chi connectivity index (χ2n) is 9.34. The monoisotopic (exact) mass is 554 g/mol. The van der Waals surface area contributed by atoms with Crippen molar-refractivity contribution in [3.8, 4) is 10.6 Å². The molecule has 3 heterocycles. The van der Waals surface area contributed by atoms with Gasteiger partial charge in [0.25, 0.3) is 5.91 Å². The summed E-state index contributed by atoms with van der Waals surface area (Å²) in [7, 11) is 0.110. The molecular formula is C27H30N4O3S3. The quantitative estimate of drug-likeness (QED) is 0.303. The Hall–Kier alpha value is -2.63. The summed E-state index contributed by atoms with van der Waals surface area (Å²) < 4.78 is 28.2. The van der Waals surface area contributed by atoms with Gasteiger partial charge in [-0.1, -0.05) is 25.5 Å². The van der Waals surface area contributed by atoms with Crippen LogP contribution >= 0.6 is 22.7 Å². The molecule has 37 heavy (non-hydrogen) atoms. The average Bonchev–Trinajstić information content (AvgIpc) is 3.47. The number of hydrogen-bond donors (Lipinski definition) is 1. The van der Waals surface area contributed by atoms with E-state index >= 15 is 0 Å². The lowest BCUT2D eigenvalue weighted by Crippen LogP contribution is -2.28. The van der Waals surface area contributed by atoms with Crippen molar-refractivity contribution in [1.29, 1.82) is 0 Å². The number of anilines is 1. The second kappa shape index (κ2) is 10.6. The van der Waals surface area contributed by atoms with Gasteiger partial charge in [-0.25, -0.2) is 17.7 Å². The van der Waals surface area contributed by atoms with Crippen molar-refractivity contribution in [3.63, 3.8) is 0 Å². The third-order valence-corrected chi connectivity index (χ3v) is 10.7. The van der Waals surface area contributed by atoms with E-state index in [9.17, 15) is 13.2 Å². The molecule has 0 radical (unpaired) electrons. The zero-order chi connectivity index (χ0) is 26.2. The number of thiophene rings is 1. The number of para-hydroxylation sites is 1. The molecule has 0 aliphatic carbocycles. The van der Waals surface area contributed by atoms with E-state index in [2.05, 4.69) is 23.3 Å². The number of nitrogens with zero attached hydrogens (tertiary/aromatic N) is 3. The highest BCUT2D eigenvalue weighted by Gasteiger charge is 2.27. The number of carbonyl (C=O) groups is 1. The topological polar surface area (TPSA) is 82.6 Å². The van der Waals surface area contributed by atoms with Crippen LogP contribution in [0.3, 0.4) is 0 Å². The third kappa shape index (κ3) is 5.21. The molecule has 0 unspecified atom stereocenters. The van der Waals surface area contributed by atoms with Crippen LogP contribution in [-0.4, -0.2) is 55.7 Å². The van der Waals surface area contributed by atoms with E-state index < -0.39 is 10.0 Å². The van der Waals surface area contributed by atoms with E-state index in [-0.39, 0.29) is 10.8 Å². The van der Waals surface area contributed by atoms with Crippen molar-refractivity contribution >= 4 is 53.8 Å². The van der Waals surface area contributed by atoms with E-state index in [1.54, 1.807) is 41.9 Å². The van der Waals surface area contributed by atoms with Crippen molar-refractivity contribution in [2.24, 2.45) is 0 Å². The standard InChI is InChI=1S/C27H30N4O3S3/c1-4-5-15-31(3)37(33,34)19-12-10-18(11-13-19)25(32)29-27-24(20-14-16-30(2)17-23(20)36-27)26-28-21-8-6-7-9-22(21)35-26/h6-13H,4-5,14-17H2,1-3H3,(H,29,32). The van der Waals surface area contributed by atoms with Crippen molar-refractivity contribution < 1.29 is 13.2 Å². The van der Waals surface area contributed by atoms with Crippen LogP contribution in [0, 0.1) is 0 Å². The summed E-state index contributed by atoms with van der Waals surface area (Å²) in [5.74, 6) is -0.266. The van der Waals surface area contributed by atoms with Gasteiger partial charge >= 0.3 is 0 Å². The van der Waals surface area contributed by atoms with Gasteiger partial charge in [0.15, 0.2) is 0 Å². The molecule has 1 amide bonds. The summed E-state index contributed by atoms with van der Waals surface area (Å²) in [6.45, 7) is 4.29. The first-order chi connectivity index (χ1) is 17.8. The number of thiazole rings is 1. The molecule has 4 aromatic rings. The first kappa shape index (κ1) is 26.0. The Morgan fingerprint density at radius 1 is 1.14 bits per heavy atom. The van der Waals surface area contributed by atoms with Crippen molar-refractivity contribution in [3.05, 3.63) is 64.5 Å². The van der Waals surface area contributed by atoms with Crippen LogP contribution in [-0.2, 0) is 23.0 Å². The number of likely N-dealkylation sites (N-methyl/N-ethyl adjacent to an activating group) is 1. The van der Waals surface area contributed by atoms with Crippen molar-refractivity contribution in [2.45, 2.75) is 37.6 Å². The van der Waals surface area contributed by atoms with Gasteiger partial charge < -0.3 is 10.2 Å². The number of aromatic nitrogens is 1. The molecule has 0 atom stereocenters. The smallest absolute Gasteiger partial charge is 0.256 e. The Labute approximate surface area is 225 Å². The van der Waals surface area contributed by atoms with Crippen molar-refractivity contribution in [2.75, 3.05) is 32.5 Å². The molecule has 0 fully saturated rings. The molecular weight excluding hydrogens is 525 g/mol. The summed E-state index contributed by atoms with van der Waals surface area (Å²) in [5, 5.41) is 4.82. The molecule has 1 N–H and O–H groups in total. The van der Waals surface area contributed by atoms with Gasteiger partial charge in [-0.3, -0.25) is 4.79 Å². The number of fused-ring (bicyclic) bond motifs is 2. The van der Waals surface area contributed by atoms with E-state index in [0.717, 1.165) is 58.1 Å². The van der Waals surface area contributed by atoms with Crippen LogP contribution in [0.2, 0.25) is 0 Å². The first-order valence-electron chi connectivity index (χ1n) is 12.3. The molecule has 5 rings (SSSR count). The molecule has 0 bridgehead atoms. The number of nitrogens with one attached hydrogen (secondary N) is 1. The molecule has 1 aliphatic rings. The van der Waals surface area contributed by atoms with Gasteiger partial charge in [0.05, 0.1) is 15.1 Å². The molecule has 1 aliphatic heterocycles. The van der Waals surface area contributed by atoms with E-state index in [1.165, 1.54) is 26.9 Å². The fraction of sp³-hybridized carbons (Fsp3) is 0.333. The lowest BCUT2D eigenvalue weighted by atomic mass is 10.0. The molecule has 2 aromatic heterocycles. The molecule has 10 heteroatoms. The number of sulfonamides is 1. The van der Waals surface area contributed by atoms with E-state index in [1.807, 2.05) is 25.1 Å². The SMILES string of the molecule is CCCCN(C)S(=O)(=O)c1ccc(C(=O)Nc2sc3c(c2-c2nc4ccccc4s2)CCN(C)C3)cc1. The minimum Gasteiger partial charge on any atom is -0.313 e. The zero-order valence-electron chi connectivity index (χ0n) is 21.2. The van der Waals surface area contributed by atoms with Crippen LogP contribution < -0.4 is 5.32 Å². The minimum atomic E-state index is -3.58. The summed E-state index contributed by atoms with van der Waals surface area (Å²) in [6, 6.07) is 14.2. The van der Waals surface area contributed by atoms with Gasteiger partial charge in [0, 0.05) is 42.7 Å². The molecule has 7 nitrogen and oxygen atoms in total. The molecule has 194 valence electrons. The van der Waals surface area contributed by atoms with Crippen LogP contribution in [0.4, 0.5) is 5.00 Å². The normalized spacial score (nSPS) is 14.3. The number of hydrogen-bond acceptors (Lipinski definition) is 7. The number of amides is 1. The van der Waals surface area contributed by atoms with E-state index in [4.69, 9.17) is 4.98 Å². The summed E-state index contributed by atoms with van der Waals surface area (Å²) in [5.41, 5.74) is 3.63. The predicted molar refractivity (Wildman–Crippen MR) is 152 cm³/mol. The van der Waals surface area contributed by atoms with Gasteiger partial charge in [0.2, 0.25) is 10.0 Å². The Morgan fingerprint density at radius 2 is 1.89 bits per heavy atom. The van der Waals surface area contributed by atoms with Crippen LogP contribution in [0.25, 0.3) is 20.8 Å². The number of carbonyl (C=O) groups excluding carboxylic acids is 1. The number of unbranched alkanes of at least 4 members (excludes halogenated alkanes) is 1. The van der Waals surface area contributed by atoms with Crippen LogP contribution in [0.5, 0.6) is 0 Å². The van der Waals surface area contributed by atoms with Gasteiger partial charge in [0.1, 0.15) is 10.0 Å². The zero-order valence-corrected chi connectivity index (χ0v) is 23.6. The highest BCUT2D eigenvalue weighted by atomic mass is 32.2. The fourth-order valence-electron chi connectivity index (χ4n) is 4.46. The molecule has 0 spiro atoms. The Morgan fingerprint density at radius 3 is 2.62 bits per heavy atom. The minimum absolute atomic E-state index is 0.187. The Bertz CT molecular complexity index is 1510. The third-order valence-electron chi connectivity index (χ3n) is 6.63. The molecule has 0 saturated carbocycles. The van der Waals surface area contributed by atoms with Gasteiger partial charge in [-0.2, -0.15) is 0 Å². The lowest BCUT2D eigenvalue weighted by Gasteiger charge is -2.22. The first-order valence-corrected chi connectivity index (χ1v) is 15.4. The number of benzene rings is 2. The fourth-order valence-corrected chi connectivity index (χ4v) is 8.10. The molecule has 2 aromatic carbocycles. The highest BCUT2D eigenvalue weighted by molar-refractivity contribution is 7.89. The van der Waals surface area contributed by atoms with Gasteiger partial charge in [-0.05, 0) is 61.9 Å². The Kier molecular flexibility index (Phi) is 7.46. The van der Waals surface area contributed by atoms with Crippen LogP contribution in [0.1, 0.15) is 40.6 Å². The highest BCUT2D eigenvalue weighted by Crippen LogP contribution is 2.45. The predicted octanol–water partition coefficient (Wildman–Crippen LogP) is 5.69. The van der Waals surface area contributed by atoms with Crippen molar-refractivity contribution in [1.82, 2.24) is 14.2 Å². The van der Waals surface area contributed by atoms with E-state index in [0.29, 0.717) is 12.1 Å². The summed E-state index contributed by atoms with van der Waals surface area (Å²) in [4.78, 5) is 21.9. The van der Waals surface area contributed by atoms with Crippen LogP contribution in [0.15, 0.2) is 53.4 Å². The molecule has 0 saturated heterocycles. The maximum Gasteiger partial charge on any atom is 0.256 e. The number of rotatable bonds is 8. The van der Waals surface area contributed by atoms with Gasteiger partial charge in [-0.15, -0.1) is 22.7 Å².